The fraction of sp³-hybridized carbons (Fsp3) is 0.562. The van der Waals surface area contributed by atoms with Crippen LogP contribution in [-0.2, 0) is 12.3 Å². The molecule has 1 aliphatic rings. The van der Waals surface area contributed by atoms with E-state index in [4.69, 9.17) is 5.73 Å². The number of likely N-dealkylation sites (tertiary alicyclic amines) is 1. The highest BCUT2D eigenvalue weighted by Gasteiger charge is 2.17. The zero-order chi connectivity index (χ0) is 15.2. The van der Waals surface area contributed by atoms with Crippen LogP contribution in [0.15, 0.2) is 23.2 Å². The lowest BCUT2D eigenvalue weighted by atomic mass is 10.0. The quantitative estimate of drug-likeness (QED) is 0.442. The van der Waals surface area contributed by atoms with E-state index >= 15 is 0 Å². The molecule has 0 saturated carbocycles. The first-order valence-electron chi connectivity index (χ1n) is 7.41. The number of aliphatic imine (C=N–C) groups is 1. The first-order valence-corrected chi connectivity index (χ1v) is 8.80. The summed E-state index contributed by atoms with van der Waals surface area (Å²) in [5, 5.41) is 0. The van der Waals surface area contributed by atoms with Gasteiger partial charge in [0, 0.05) is 18.8 Å². The topological polar surface area (TPSA) is 41.6 Å². The lowest BCUT2D eigenvalue weighted by Crippen LogP contribution is -2.43. The predicted octanol–water partition coefficient (Wildman–Crippen LogP) is 3.85. The van der Waals surface area contributed by atoms with E-state index < -0.39 is 0 Å². The molecule has 0 bridgehead atoms. The van der Waals surface area contributed by atoms with Crippen molar-refractivity contribution in [3.63, 3.8) is 0 Å². The maximum atomic E-state index is 13.3. The highest BCUT2D eigenvalue weighted by molar-refractivity contribution is 14.0. The van der Waals surface area contributed by atoms with Crippen LogP contribution in [0.5, 0.6) is 0 Å². The number of halogens is 2. The Bertz CT molecular complexity index is 510. The second-order valence-electron chi connectivity index (χ2n) is 5.71. The monoisotopic (exact) mass is 437 g/mol. The van der Waals surface area contributed by atoms with Crippen LogP contribution >= 0.6 is 35.7 Å². The van der Waals surface area contributed by atoms with Crippen LogP contribution in [0.25, 0.3) is 0 Å². The van der Waals surface area contributed by atoms with Gasteiger partial charge in [0.05, 0.1) is 6.54 Å². The van der Waals surface area contributed by atoms with Gasteiger partial charge < -0.3 is 10.6 Å². The van der Waals surface area contributed by atoms with Crippen LogP contribution in [-0.4, -0.2) is 30.2 Å². The third kappa shape index (κ3) is 5.61. The van der Waals surface area contributed by atoms with Crippen molar-refractivity contribution in [1.29, 1.82) is 0 Å². The molecule has 1 aromatic rings. The second kappa shape index (κ2) is 9.60. The Morgan fingerprint density at radius 3 is 2.91 bits per heavy atom. The van der Waals surface area contributed by atoms with E-state index in [0.29, 0.717) is 18.4 Å². The summed E-state index contributed by atoms with van der Waals surface area (Å²) in [5.74, 6) is 1.89. The maximum Gasteiger partial charge on any atom is 0.191 e. The summed E-state index contributed by atoms with van der Waals surface area (Å²) in [6.45, 7) is 4.74. The molecule has 0 radical (unpaired) electrons. The van der Waals surface area contributed by atoms with E-state index in [1.807, 2.05) is 12.3 Å². The van der Waals surface area contributed by atoms with Gasteiger partial charge in [-0.1, -0.05) is 13.0 Å². The van der Waals surface area contributed by atoms with Crippen molar-refractivity contribution in [3.8, 4) is 0 Å². The summed E-state index contributed by atoms with van der Waals surface area (Å²) >= 11 is 1.68. The number of nitrogens with two attached hydrogens (primary N) is 1. The van der Waals surface area contributed by atoms with Crippen molar-refractivity contribution in [1.82, 2.24) is 4.90 Å². The molecule has 22 heavy (non-hydrogen) atoms. The SMILES string of the molecule is CSCc1cc(F)ccc1CN=C(N)N1CCCC(C)C1.I. The Labute approximate surface area is 154 Å². The van der Waals surface area contributed by atoms with Gasteiger partial charge in [0.15, 0.2) is 5.96 Å². The molecule has 0 amide bonds. The van der Waals surface area contributed by atoms with E-state index in [1.165, 1.54) is 18.9 Å². The number of nitrogens with zero attached hydrogens (tertiary/aromatic N) is 2. The molecule has 1 fully saturated rings. The Morgan fingerprint density at radius 2 is 2.23 bits per heavy atom. The van der Waals surface area contributed by atoms with Crippen molar-refractivity contribution in [2.24, 2.45) is 16.6 Å². The number of guanidine groups is 1. The molecular formula is C16H25FIN3S. The molecular weight excluding hydrogens is 412 g/mol. The molecule has 1 unspecified atom stereocenters. The van der Waals surface area contributed by atoms with Gasteiger partial charge in [0.25, 0.3) is 0 Å². The van der Waals surface area contributed by atoms with Gasteiger partial charge in [-0.2, -0.15) is 11.8 Å². The Balaban J connectivity index is 0.00000242. The molecule has 2 N–H and O–H groups in total. The van der Waals surface area contributed by atoms with Gasteiger partial charge >= 0.3 is 0 Å². The highest BCUT2D eigenvalue weighted by Crippen LogP contribution is 2.18. The Hall–Kier alpha value is -0.500. The number of piperidine rings is 1. The first-order chi connectivity index (χ1) is 10.1. The van der Waals surface area contributed by atoms with E-state index in [2.05, 4.69) is 16.8 Å². The zero-order valence-corrected chi connectivity index (χ0v) is 16.4. The minimum atomic E-state index is -0.190. The lowest BCUT2D eigenvalue weighted by Gasteiger charge is -2.31. The van der Waals surface area contributed by atoms with E-state index in [-0.39, 0.29) is 29.8 Å². The fourth-order valence-corrected chi connectivity index (χ4v) is 3.28. The smallest absolute Gasteiger partial charge is 0.191 e. The second-order valence-corrected chi connectivity index (χ2v) is 6.58. The summed E-state index contributed by atoms with van der Waals surface area (Å²) in [7, 11) is 0. The highest BCUT2D eigenvalue weighted by atomic mass is 127. The summed E-state index contributed by atoms with van der Waals surface area (Å²) in [5.41, 5.74) is 8.17. The first kappa shape index (κ1) is 19.5. The van der Waals surface area contributed by atoms with Crippen LogP contribution in [0.2, 0.25) is 0 Å². The van der Waals surface area contributed by atoms with Crippen molar-refractivity contribution in [2.45, 2.75) is 32.1 Å². The molecule has 6 heteroatoms. The Kier molecular flexibility index (Phi) is 8.53. The number of hydrogen-bond acceptors (Lipinski definition) is 2. The average molecular weight is 437 g/mol. The number of hydrogen-bond donors (Lipinski definition) is 1. The van der Waals surface area contributed by atoms with Gasteiger partial charge in [-0.15, -0.1) is 24.0 Å². The van der Waals surface area contributed by atoms with Gasteiger partial charge in [0.2, 0.25) is 0 Å². The Morgan fingerprint density at radius 1 is 1.45 bits per heavy atom. The molecule has 1 saturated heterocycles. The molecule has 3 nitrogen and oxygen atoms in total. The molecule has 0 aromatic heterocycles. The van der Waals surface area contributed by atoms with Crippen LogP contribution in [0.4, 0.5) is 4.39 Å². The molecule has 2 rings (SSSR count). The molecule has 1 atom stereocenters. The number of benzene rings is 1. The third-order valence-corrected chi connectivity index (χ3v) is 4.46. The van der Waals surface area contributed by atoms with Crippen LogP contribution in [0.1, 0.15) is 30.9 Å². The van der Waals surface area contributed by atoms with Crippen molar-refractivity contribution in [2.75, 3.05) is 19.3 Å². The molecule has 0 spiro atoms. The van der Waals surface area contributed by atoms with Gasteiger partial charge in [-0.05, 0) is 48.3 Å². The van der Waals surface area contributed by atoms with Crippen molar-refractivity contribution in [3.05, 3.63) is 35.1 Å². The van der Waals surface area contributed by atoms with Crippen LogP contribution in [0, 0.1) is 11.7 Å². The maximum absolute atomic E-state index is 13.3. The molecule has 124 valence electrons. The lowest BCUT2D eigenvalue weighted by molar-refractivity contribution is 0.270. The summed E-state index contributed by atoms with van der Waals surface area (Å²) < 4.78 is 13.3. The van der Waals surface area contributed by atoms with E-state index in [0.717, 1.165) is 30.0 Å². The number of thioether (sulfide) groups is 1. The molecule has 0 aliphatic carbocycles. The van der Waals surface area contributed by atoms with E-state index in [9.17, 15) is 4.39 Å². The van der Waals surface area contributed by atoms with Crippen LogP contribution < -0.4 is 5.73 Å². The van der Waals surface area contributed by atoms with Crippen molar-refractivity contribution < 1.29 is 4.39 Å². The van der Waals surface area contributed by atoms with Gasteiger partial charge in [-0.3, -0.25) is 0 Å². The fourth-order valence-electron chi connectivity index (χ4n) is 2.70. The minimum absolute atomic E-state index is 0. The van der Waals surface area contributed by atoms with E-state index in [1.54, 1.807) is 17.8 Å². The summed E-state index contributed by atoms with van der Waals surface area (Å²) in [4.78, 5) is 6.67. The normalized spacial score (nSPS) is 19.0. The number of rotatable bonds is 4. The van der Waals surface area contributed by atoms with Crippen LogP contribution in [0.3, 0.4) is 0 Å². The summed E-state index contributed by atoms with van der Waals surface area (Å²) in [6, 6.07) is 4.91. The third-order valence-electron chi connectivity index (χ3n) is 3.86. The summed E-state index contributed by atoms with van der Waals surface area (Å²) in [6.07, 6.45) is 4.45. The largest absolute Gasteiger partial charge is 0.370 e. The standard InChI is InChI=1S/C16H24FN3S.HI/c1-12-4-3-7-20(10-12)16(18)19-9-13-5-6-15(17)8-14(13)11-21-2;/h5-6,8,12H,3-4,7,9-11H2,1-2H3,(H2,18,19);1H. The van der Waals surface area contributed by atoms with Gasteiger partial charge in [0.1, 0.15) is 5.82 Å². The average Bonchev–Trinajstić information content (AvgIpc) is 2.46. The molecule has 1 aliphatic heterocycles. The molecule has 1 heterocycles. The van der Waals surface area contributed by atoms with Crippen molar-refractivity contribution >= 4 is 41.7 Å². The molecule has 1 aromatic carbocycles. The zero-order valence-electron chi connectivity index (χ0n) is 13.2. The minimum Gasteiger partial charge on any atom is -0.370 e. The van der Waals surface area contributed by atoms with Gasteiger partial charge in [-0.25, -0.2) is 9.38 Å². The predicted molar refractivity (Wildman–Crippen MR) is 104 cm³/mol.